The predicted molar refractivity (Wildman–Crippen MR) is 130 cm³/mol. The van der Waals surface area contributed by atoms with Crippen molar-refractivity contribution in [3.8, 4) is 0 Å². The summed E-state index contributed by atoms with van der Waals surface area (Å²) >= 11 is 0. The van der Waals surface area contributed by atoms with Crippen molar-refractivity contribution < 1.29 is 9.59 Å². The fourth-order valence-corrected chi connectivity index (χ4v) is 10.7. The molecule has 9 atom stereocenters. The third-order valence-electron chi connectivity index (χ3n) is 12.8. The van der Waals surface area contributed by atoms with Gasteiger partial charge in [-0.1, -0.05) is 54.2 Å². The molecule has 0 amide bonds. The minimum atomic E-state index is -0.258. The van der Waals surface area contributed by atoms with Gasteiger partial charge in [-0.05, 0) is 114 Å². The van der Waals surface area contributed by atoms with Gasteiger partial charge in [-0.3, -0.25) is 9.59 Å². The Kier molecular flexibility index (Phi) is 4.73. The van der Waals surface area contributed by atoms with Gasteiger partial charge in [-0.15, -0.1) is 0 Å². The predicted octanol–water partition coefficient (Wildman–Crippen LogP) is 7.19. The molecule has 4 fully saturated rings. The molecule has 0 radical (unpaired) electrons. The lowest BCUT2D eigenvalue weighted by Gasteiger charge is -2.71. The summed E-state index contributed by atoms with van der Waals surface area (Å²) in [6.07, 6.45) is 15.2. The van der Waals surface area contributed by atoms with Crippen molar-refractivity contribution in [1.29, 1.82) is 0 Å². The molecular weight excluding hydrogens is 392 g/mol. The van der Waals surface area contributed by atoms with E-state index in [-0.39, 0.29) is 16.2 Å². The van der Waals surface area contributed by atoms with Crippen molar-refractivity contribution in [2.24, 2.45) is 56.7 Å². The first-order valence-corrected chi connectivity index (χ1v) is 13.2. The molecular formula is C30H44O2. The number of aldehydes is 1. The second kappa shape index (κ2) is 6.70. The maximum absolute atomic E-state index is 12.8. The van der Waals surface area contributed by atoms with Gasteiger partial charge in [-0.2, -0.15) is 0 Å². The molecule has 0 saturated heterocycles. The minimum absolute atomic E-state index is 0.0978. The Morgan fingerprint density at radius 2 is 1.62 bits per heavy atom. The molecule has 0 bridgehead atoms. The van der Waals surface area contributed by atoms with E-state index in [1.807, 2.05) is 6.08 Å². The zero-order valence-corrected chi connectivity index (χ0v) is 21.3. The molecule has 5 aliphatic carbocycles. The molecule has 0 aromatic rings. The maximum Gasteiger partial charge on any atom is 0.161 e. The lowest BCUT2D eigenvalue weighted by atomic mass is 9.33. The van der Waals surface area contributed by atoms with Crippen molar-refractivity contribution in [1.82, 2.24) is 0 Å². The van der Waals surface area contributed by atoms with Crippen molar-refractivity contribution in [3.05, 3.63) is 24.3 Å². The molecule has 5 aliphatic rings. The largest absolute Gasteiger partial charge is 0.298 e. The highest BCUT2D eigenvalue weighted by atomic mass is 16.1. The Balaban J connectivity index is 1.57. The first kappa shape index (κ1) is 22.6. The SMILES string of the molecule is C=C(C=O)[C@@H]1CC[C@]2(C)CC[C@]3(C)[C@H](CC[C@@H]4[C@@]5(C)C=CC(=O)C(C)(C)[C@@H]5CC[C@]43C)[C@@H]12. The number of hydrogen-bond acceptors (Lipinski definition) is 2. The van der Waals surface area contributed by atoms with Crippen molar-refractivity contribution in [2.75, 3.05) is 0 Å². The van der Waals surface area contributed by atoms with Crippen LogP contribution in [0, 0.1) is 56.7 Å². The molecule has 0 aromatic heterocycles. The number of hydrogen-bond donors (Lipinski definition) is 0. The Hall–Kier alpha value is -1.18. The van der Waals surface area contributed by atoms with Gasteiger partial charge >= 0.3 is 0 Å². The highest BCUT2D eigenvalue weighted by Gasteiger charge is 2.69. The molecule has 176 valence electrons. The summed E-state index contributed by atoms with van der Waals surface area (Å²) < 4.78 is 0. The average molecular weight is 437 g/mol. The lowest BCUT2D eigenvalue weighted by Crippen LogP contribution is -2.65. The summed E-state index contributed by atoms with van der Waals surface area (Å²) in [6.45, 7) is 18.8. The van der Waals surface area contributed by atoms with Gasteiger partial charge in [0.1, 0.15) is 6.29 Å². The van der Waals surface area contributed by atoms with E-state index in [0.29, 0.717) is 46.2 Å². The molecule has 5 rings (SSSR count). The number of rotatable bonds is 2. The zero-order valence-electron chi connectivity index (χ0n) is 21.3. The molecule has 0 N–H and O–H groups in total. The third kappa shape index (κ3) is 2.53. The topological polar surface area (TPSA) is 34.1 Å². The normalized spacial score (nSPS) is 53.6. The van der Waals surface area contributed by atoms with Gasteiger partial charge in [0.2, 0.25) is 0 Å². The second-order valence-electron chi connectivity index (χ2n) is 14.0. The van der Waals surface area contributed by atoms with Gasteiger partial charge in [0.05, 0.1) is 0 Å². The number of carbonyl (C=O) groups excluding carboxylic acids is 2. The molecule has 4 saturated carbocycles. The quantitative estimate of drug-likeness (QED) is 0.339. The number of ketones is 1. The zero-order chi connectivity index (χ0) is 23.3. The van der Waals surface area contributed by atoms with E-state index < -0.39 is 0 Å². The van der Waals surface area contributed by atoms with E-state index in [1.54, 1.807) is 0 Å². The van der Waals surface area contributed by atoms with Gasteiger partial charge in [0.15, 0.2) is 5.78 Å². The highest BCUT2D eigenvalue weighted by molar-refractivity contribution is 5.95. The molecule has 32 heavy (non-hydrogen) atoms. The molecule has 2 nitrogen and oxygen atoms in total. The fourth-order valence-electron chi connectivity index (χ4n) is 10.7. The van der Waals surface area contributed by atoms with E-state index >= 15 is 0 Å². The van der Waals surface area contributed by atoms with Crippen LogP contribution in [-0.2, 0) is 9.59 Å². The van der Waals surface area contributed by atoms with E-state index in [1.165, 1.54) is 38.5 Å². The lowest BCUT2D eigenvalue weighted by molar-refractivity contribution is -0.216. The van der Waals surface area contributed by atoms with E-state index in [2.05, 4.69) is 54.2 Å². The van der Waals surface area contributed by atoms with Crippen molar-refractivity contribution >= 4 is 12.1 Å². The first-order valence-electron chi connectivity index (χ1n) is 13.2. The molecule has 0 aliphatic heterocycles. The summed E-state index contributed by atoms with van der Waals surface area (Å²) in [5, 5.41) is 0. The van der Waals surface area contributed by atoms with Crippen LogP contribution in [0.5, 0.6) is 0 Å². The van der Waals surface area contributed by atoms with Crippen LogP contribution in [0.2, 0.25) is 0 Å². The van der Waals surface area contributed by atoms with Crippen molar-refractivity contribution in [2.45, 2.75) is 92.9 Å². The Morgan fingerprint density at radius 3 is 2.31 bits per heavy atom. The monoisotopic (exact) mass is 436 g/mol. The molecule has 0 unspecified atom stereocenters. The Labute approximate surface area is 195 Å². The highest BCUT2D eigenvalue weighted by Crippen LogP contribution is 2.76. The van der Waals surface area contributed by atoms with Crippen LogP contribution in [-0.4, -0.2) is 12.1 Å². The molecule has 0 aromatic carbocycles. The summed E-state index contributed by atoms with van der Waals surface area (Å²) in [6, 6.07) is 0. The summed E-state index contributed by atoms with van der Waals surface area (Å²) in [4.78, 5) is 24.6. The van der Waals surface area contributed by atoms with Crippen LogP contribution in [0.25, 0.3) is 0 Å². The molecule has 2 heteroatoms. The van der Waals surface area contributed by atoms with Crippen LogP contribution in [0.3, 0.4) is 0 Å². The van der Waals surface area contributed by atoms with Crippen LogP contribution in [0.15, 0.2) is 24.3 Å². The number of fused-ring (bicyclic) bond motifs is 7. The molecule has 0 spiro atoms. The van der Waals surface area contributed by atoms with E-state index in [4.69, 9.17) is 0 Å². The summed E-state index contributed by atoms with van der Waals surface area (Å²) in [5.74, 6) is 3.03. The van der Waals surface area contributed by atoms with Crippen LogP contribution >= 0.6 is 0 Å². The van der Waals surface area contributed by atoms with E-state index in [9.17, 15) is 9.59 Å². The van der Waals surface area contributed by atoms with Crippen molar-refractivity contribution in [3.63, 3.8) is 0 Å². The minimum Gasteiger partial charge on any atom is -0.298 e. The van der Waals surface area contributed by atoms with Gasteiger partial charge in [0.25, 0.3) is 0 Å². The first-order chi connectivity index (χ1) is 14.8. The number of allylic oxidation sites excluding steroid dienone is 3. The van der Waals surface area contributed by atoms with Crippen LogP contribution in [0.4, 0.5) is 0 Å². The van der Waals surface area contributed by atoms with Gasteiger partial charge in [0, 0.05) is 5.41 Å². The second-order valence-corrected chi connectivity index (χ2v) is 14.0. The third-order valence-corrected chi connectivity index (χ3v) is 12.8. The fraction of sp³-hybridized carbons (Fsp3) is 0.800. The molecule has 0 heterocycles. The number of carbonyl (C=O) groups is 2. The average Bonchev–Trinajstić information content (AvgIpc) is 3.09. The van der Waals surface area contributed by atoms with Crippen LogP contribution in [0.1, 0.15) is 92.9 Å². The standard InChI is InChI=1S/C30H44O2/c1-19(18-31)20-10-13-27(4)16-17-29(6)21(25(20)27)8-9-23-28(5)14-12-24(32)26(2,3)22(28)11-15-30(23,29)7/h12,14,18,20-23,25H,1,8-11,13,15-17H2,2-7H3/t20-,21+,22-,23+,25+,27+,28-,29+,30+/m0/s1. The Morgan fingerprint density at radius 1 is 0.906 bits per heavy atom. The van der Waals surface area contributed by atoms with E-state index in [0.717, 1.165) is 24.7 Å². The van der Waals surface area contributed by atoms with Gasteiger partial charge < -0.3 is 0 Å². The maximum atomic E-state index is 12.8. The van der Waals surface area contributed by atoms with Crippen LogP contribution < -0.4 is 0 Å². The summed E-state index contributed by atoms with van der Waals surface area (Å²) in [5.41, 5.74) is 1.62. The smallest absolute Gasteiger partial charge is 0.161 e. The van der Waals surface area contributed by atoms with Gasteiger partial charge in [-0.25, -0.2) is 0 Å². The summed E-state index contributed by atoms with van der Waals surface area (Å²) in [7, 11) is 0. The Bertz CT molecular complexity index is 897.